The average Bonchev–Trinajstić information content (AvgIpc) is 2.40. The van der Waals surface area contributed by atoms with Gasteiger partial charge in [0, 0.05) is 13.1 Å². The van der Waals surface area contributed by atoms with Gasteiger partial charge >= 0.3 is 5.97 Å². The molecule has 1 amide bonds. The Kier molecular flexibility index (Phi) is 3.85. The Hall–Kier alpha value is -1.99. The quantitative estimate of drug-likeness (QED) is 0.770. The van der Waals surface area contributed by atoms with Gasteiger partial charge in [0.05, 0.1) is 13.2 Å². The van der Waals surface area contributed by atoms with Gasteiger partial charge < -0.3 is 9.84 Å². The van der Waals surface area contributed by atoms with E-state index in [0.717, 1.165) is 0 Å². The third-order valence-corrected chi connectivity index (χ3v) is 2.47. The van der Waals surface area contributed by atoms with Gasteiger partial charge in [0.2, 0.25) is 0 Å². The Labute approximate surface area is 103 Å². The van der Waals surface area contributed by atoms with Crippen LogP contribution in [0.15, 0.2) is 18.2 Å². The van der Waals surface area contributed by atoms with E-state index >= 15 is 0 Å². The molecule has 2 rings (SSSR count). The molecule has 0 spiro atoms. The number of morpholine rings is 1. The number of rotatable bonds is 3. The summed E-state index contributed by atoms with van der Waals surface area (Å²) in [6, 6.07) is 4.31. The van der Waals surface area contributed by atoms with Crippen LogP contribution < -0.4 is 5.43 Å². The van der Waals surface area contributed by atoms with Crippen molar-refractivity contribution in [2.24, 2.45) is 0 Å². The molecule has 7 heteroatoms. The molecular weight excluding hydrogens is 238 g/mol. The second kappa shape index (κ2) is 5.56. The molecule has 0 saturated carbocycles. The van der Waals surface area contributed by atoms with Crippen molar-refractivity contribution in [2.75, 3.05) is 26.3 Å². The smallest absolute Gasteiger partial charge is 0.354 e. The normalized spacial score (nSPS) is 16.2. The van der Waals surface area contributed by atoms with Gasteiger partial charge in [-0.25, -0.2) is 14.8 Å². The third-order valence-electron chi connectivity index (χ3n) is 2.47. The lowest BCUT2D eigenvalue weighted by molar-refractivity contribution is 0.0124. The second-order valence-electron chi connectivity index (χ2n) is 3.75. The summed E-state index contributed by atoms with van der Waals surface area (Å²) in [6.07, 6.45) is 0. The Morgan fingerprint density at radius 3 is 2.61 bits per heavy atom. The molecule has 7 nitrogen and oxygen atoms in total. The van der Waals surface area contributed by atoms with Crippen LogP contribution in [0, 0.1) is 0 Å². The molecule has 96 valence electrons. The van der Waals surface area contributed by atoms with Crippen LogP contribution in [0.4, 0.5) is 0 Å². The highest BCUT2D eigenvalue weighted by atomic mass is 16.5. The monoisotopic (exact) mass is 251 g/mol. The minimum atomic E-state index is -1.16. The van der Waals surface area contributed by atoms with Crippen molar-refractivity contribution in [3.05, 3.63) is 29.6 Å². The van der Waals surface area contributed by atoms with E-state index in [1.165, 1.54) is 18.2 Å². The largest absolute Gasteiger partial charge is 0.477 e. The van der Waals surface area contributed by atoms with Crippen LogP contribution in [0.25, 0.3) is 0 Å². The molecule has 1 aliphatic heterocycles. The molecule has 2 N–H and O–H groups in total. The molecule has 0 radical (unpaired) electrons. The summed E-state index contributed by atoms with van der Waals surface area (Å²) in [5, 5.41) is 10.5. The minimum Gasteiger partial charge on any atom is -0.477 e. The van der Waals surface area contributed by atoms with Crippen molar-refractivity contribution in [3.8, 4) is 0 Å². The molecule has 0 bridgehead atoms. The molecule has 1 saturated heterocycles. The number of hydrogen-bond acceptors (Lipinski definition) is 5. The van der Waals surface area contributed by atoms with Gasteiger partial charge in [-0.3, -0.25) is 10.2 Å². The summed E-state index contributed by atoms with van der Waals surface area (Å²) in [5.41, 5.74) is 2.60. The lowest BCUT2D eigenvalue weighted by Gasteiger charge is -2.26. The first-order valence-corrected chi connectivity index (χ1v) is 5.51. The number of nitrogens with one attached hydrogen (secondary N) is 1. The van der Waals surface area contributed by atoms with Gasteiger partial charge in [-0.15, -0.1) is 0 Å². The van der Waals surface area contributed by atoms with E-state index in [9.17, 15) is 9.59 Å². The molecule has 0 aromatic carbocycles. The number of ether oxygens (including phenoxy) is 1. The first-order valence-electron chi connectivity index (χ1n) is 5.51. The van der Waals surface area contributed by atoms with Crippen molar-refractivity contribution >= 4 is 11.9 Å². The fourth-order valence-corrected chi connectivity index (χ4v) is 1.56. The maximum Gasteiger partial charge on any atom is 0.354 e. The number of pyridine rings is 1. The molecule has 0 aliphatic carbocycles. The Bertz CT molecular complexity index is 457. The summed E-state index contributed by atoms with van der Waals surface area (Å²) >= 11 is 0. The number of carboxylic acid groups (broad SMARTS) is 1. The number of aromatic nitrogens is 1. The Morgan fingerprint density at radius 1 is 1.28 bits per heavy atom. The zero-order valence-electron chi connectivity index (χ0n) is 9.63. The molecule has 1 aromatic rings. The molecular formula is C11H13N3O4. The number of hydrazine groups is 1. The fraction of sp³-hybridized carbons (Fsp3) is 0.364. The minimum absolute atomic E-state index is 0.0846. The molecule has 1 aliphatic rings. The van der Waals surface area contributed by atoms with Crippen molar-refractivity contribution in [1.29, 1.82) is 0 Å². The zero-order chi connectivity index (χ0) is 13.0. The summed E-state index contributed by atoms with van der Waals surface area (Å²) in [5.74, 6) is -1.57. The SMILES string of the molecule is O=C(O)c1cccc(C(=O)NN2CCOCC2)n1. The van der Waals surface area contributed by atoms with E-state index in [1.807, 2.05) is 0 Å². The second-order valence-corrected chi connectivity index (χ2v) is 3.75. The number of amides is 1. The number of hydrogen-bond donors (Lipinski definition) is 2. The Morgan fingerprint density at radius 2 is 1.94 bits per heavy atom. The van der Waals surface area contributed by atoms with Gasteiger partial charge in [-0.2, -0.15) is 0 Å². The van der Waals surface area contributed by atoms with Gasteiger partial charge in [0.25, 0.3) is 5.91 Å². The maximum atomic E-state index is 11.8. The molecule has 1 fully saturated rings. The highest BCUT2D eigenvalue weighted by Gasteiger charge is 2.16. The van der Waals surface area contributed by atoms with E-state index in [2.05, 4.69) is 10.4 Å². The summed E-state index contributed by atoms with van der Waals surface area (Å²) < 4.78 is 5.15. The number of aromatic carboxylic acids is 1. The van der Waals surface area contributed by atoms with E-state index in [-0.39, 0.29) is 11.4 Å². The van der Waals surface area contributed by atoms with E-state index in [0.29, 0.717) is 26.3 Å². The maximum absolute atomic E-state index is 11.8. The topological polar surface area (TPSA) is 91.8 Å². The van der Waals surface area contributed by atoms with Crippen LogP contribution in [0.5, 0.6) is 0 Å². The number of nitrogens with zero attached hydrogens (tertiary/aromatic N) is 2. The van der Waals surface area contributed by atoms with Gasteiger partial charge in [0.1, 0.15) is 11.4 Å². The van der Waals surface area contributed by atoms with Crippen LogP contribution in [0.2, 0.25) is 0 Å². The van der Waals surface area contributed by atoms with Crippen LogP contribution in [-0.4, -0.2) is 53.3 Å². The first kappa shape index (κ1) is 12.5. The van der Waals surface area contributed by atoms with Crippen LogP contribution in [0.3, 0.4) is 0 Å². The molecule has 1 aromatic heterocycles. The molecule has 0 unspecified atom stereocenters. The first-order chi connectivity index (χ1) is 8.66. The summed E-state index contributed by atoms with van der Waals surface area (Å²) in [7, 11) is 0. The Balaban J connectivity index is 2.03. The van der Waals surface area contributed by atoms with Crippen LogP contribution >= 0.6 is 0 Å². The van der Waals surface area contributed by atoms with Gasteiger partial charge in [-0.1, -0.05) is 6.07 Å². The van der Waals surface area contributed by atoms with E-state index < -0.39 is 11.9 Å². The lowest BCUT2D eigenvalue weighted by Crippen LogP contribution is -2.48. The third kappa shape index (κ3) is 3.02. The number of carbonyl (C=O) groups is 2. The van der Waals surface area contributed by atoms with Crippen molar-refractivity contribution in [3.63, 3.8) is 0 Å². The number of carbonyl (C=O) groups excluding carboxylic acids is 1. The lowest BCUT2D eigenvalue weighted by atomic mass is 10.3. The van der Waals surface area contributed by atoms with Crippen LogP contribution in [0.1, 0.15) is 21.0 Å². The molecule has 18 heavy (non-hydrogen) atoms. The summed E-state index contributed by atoms with van der Waals surface area (Å²) in [4.78, 5) is 26.4. The predicted molar refractivity (Wildman–Crippen MR) is 61.1 cm³/mol. The highest BCUT2D eigenvalue weighted by Crippen LogP contribution is 2.01. The van der Waals surface area contributed by atoms with Crippen molar-refractivity contribution in [2.45, 2.75) is 0 Å². The predicted octanol–water partition coefficient (Wildman–Crippen LogP) is -0.243. The van der Waals surface area contributed by atoms with Crippen LogP contribution in [-0.2, 0) is 4.74 Å². The fourth-order valence-electron chi connectivity index (χ4n) is 1.56. The van der Waals surface area contributed by atoms with Crippen molar-refractivity contribution < 1.29 is 19.4 Å². The van der Waals surface area contributed by atoms with Gasteiger partial charge in [-0.05, 0) is 12.1 Å². The van der Waals surface area contributed by atoms with Gasteiger partial charge in [0.15, 0.2) is 0 Å². The summed E-state index contributed by atoms with van der Waals surface area (Å²) in [6.45, 7) is 2.32. The van der Waals surface area contributed by atoms with E-state index in [1.54, 1.807) is 5.01 Å². The van der Waals surface area contributed by atoms with E-state index in [4.69, 9.17) is 9.84 Å². The highest BCUT2D eigenvalue weighted by molar-refractivity contribution is 5.93. The standard InChI is InChI=1S/C11H13N3O4/c15-10(13-14-4-6-18-7-5-14)8-2-1-3-9(12-8)11(16)17/h1-3H,4-7H2,(H,13,15)(H,16,17). The zero-order valence-corrected chi connectivity index (χ0v) is 9.63. The molecule has 0 atom stereocenters. The number of carboxylic acids is 1. The average molecular weight is 251 g/mol. The van der Waals surface area contributed by atoms with Crippen molar-refractivity contribution in [1.82, 2.24) is 15.4 Å². The molecule has 2 heterocycles.